The standard InChI is InChI=1S/C13H15BrO3/c1-8-4-5-10(13(14)9(2)15)6-11(8)7-12(16)17-3/h4-6,13H,7H2,1-3H3. The molecule has 0 fully saturated rings. The monoisotopic (exact) mass is 298 g/mol. The molecule has 92 valence electrons. The summed E-state index contributed by atoms with van der Waals surface area (Å²) < 4.78 is 4.64. The molecule has 0 heterocycles. The van der Waals surface area contributed by atoms with E-state index in [4.69, 9.17) is 0 Å². The van der Waals surface area contributed by atoms with Crippen LogP contribution in [0, 0.1) is 6.92 Å². The van der Waals surface area contributed by atoms with Crippen molar-refractivity contribution in [3.8, 4) is 0 Å². The number of benzene rings is 1. The molecule has 0 radical (unpaired) electrons. The number of carbonyl (C=O) groups is 2. The molecule has 1 unspecified atom stereocenters. The first-order valence-corrected chi connectivity index (χ1v) is 6.18. The van der Waals surface area contributed by atoms with Crippen LogP contribution in [-0.4, -0.2) is 18.9 Å². The van der Waals surface area contributed by atoms with Crippen LogP contribution in [-0.2, 0) is 20.7 Å². The quantitative estimate of drug-likeness (QED) is 0.634. The molecule has 3 nitrogen and oxygen atoms in total. The van der Waals surface area contributed by atoms with Gasteiger partial charge in [-0.3, -0.25) is 9.59 Å². The number of carbonyl (C=O) groups excluding carboxylic acids is 2. The van der Waals surface area contributed by atoms with Crippen LogP contribution in [0.5, 0.6) is 0 Å². The molecule has 1 aromatic carbocycles. The van der Waals surface area contributed by atoms with Gasteiger partial charge in [0.25, 0.3) is 0 Å². The minimum absolute atomic E-state index is 0.0397. The summed E-state index contributed by atoms with van der Waals surface area (Å²) in [5.41, 5.74) is 2.77. The van der Waals surface area contributed by atoms with E-state index in [2.05, 4.69) is 20.7 Å². The second-order valence-electron chi connectivity index (χ2n) is 3.91. The third-order valence-electron chi connectivity index (χ3n) is 2.59. The lowest BCUT2D eigenvalue weighted by atomic mass is 10.00. The number of esters is 1. The Labute approximate surface area is 109 Å². The summed E-state index contributed by atoms with van der Waals surface area (Å²) in [4.78, 5) is 22.2. The Bertz CT molecular complexity index is 440. The molecule has 0 spiro atoms. The minimum Gasteiger partial charge on any atom is -0.469 e. The van der Waals surface area contributed by atoms with Crippen LogP contribution >= 0.6 is 15.9 Å². The molecule has 0 amide bonds. The van der Waals surface area contributed by atoms with E-state index in [0.29, 0.717) is 0 Å². The SMILES string of the molecule is COC(=O)Cc1cc(C(Br)C(C)=O)ccc1C. The Morgan fingerprint density at radius 2 is 2.06 bits per heavy atom. The number of ketones is 1. The third-order valence-corrected chi connectivity index (χ3v) is 3.76. The van der Waals surface area contributed by atoms with Gasteiger partial charge in [0.2, 0.25) is 0 Å². The van der Waals surface area contributed by atoms with Gasteiger partial charge in [0, 0.05) is 0 Å². The smallest absolute Gasteiger partial charge is 0.309 e. The predicted molar refractivity (Wildman–Crippen MR) is 69.2 cm³/mol. The van der Waals surface area contributed by atoms with Crippen molar-refractivity contribution < 1.29 is 14.3 Å². The first-order chi connectivity index (χ1) is 7.95. The highest BCUT2D eigenvalue weighted by molar-refractivity contribution is 9.09. The molecule has 0 aliphatic carbocycles. The number of methoxy groups -OCH3 is 1. The van der Waals surface area contributed by atoms with Crippen molar-refractivity contribution in [2.75, 3.05) is 7.11 Å². The number of ether oxygens (including phenoxy) is 1. The van der Waals surface area contributed by atoms with Gasteiger partial charge in [-0.2, -0.15) is 0 Å². The number of aryl methyl sites for hydroxylation is 1. The molecule has 0 aromatic heterocycles. The highest BCUT2D eigenvalue weighted by Gasteiger charge is 2.14. The second kappa shape index (κ2) is 5.96. The molecule has 0 bridgehead atoms. The molecule has 0 N–H and O–H groups in total. The zero-order valence-electron chi connectivity index (χ0n) is 10.1. The predicted octanol–water partition coefficient (Wildman–Crippen LogP) is 2.74. The molecular formula is C13H15BrO3. The molecule has 0 saturated carbocycles. The first kappa shape index (κ1) is 13.9. The summed E-state index contributed by atoms with van der Waals surface area (Å²) in [6.45, 7) is 3.46. The molecule has 1 aromatic rings. The number of Topliss-reactive ketones (excluding diaryl/α,β-unsaturated/α-hetero) is 1. The zero-order chi connectivity index (χ0) is 13.0. The van der Waals surface area contributed by atoms with Crippen LogP contribution in [0.25, 0.3) is 0 Å². The van der Waals surface area contributed by atoms with Crippen LogP contribution in [0.4, 0.5) is 0 Å². The molecular weight excluding hydrogens is 284 g/mol. The first-order valence-electron chi connectivity index (χ1n) is 5.26. The maximum atomic E-state index is 11.3. The summed E-state index contributed by atoms with van der Waals surface area (Å²) in [7, 11) is 1.37. The number of hydrogen-bond donors (Lipinski definition) is 0. The Morgan fingerprint density at radius 3 is 2.59 bits per heavy atom. The van der Waals surface area contributed by atoms with Crippen LogP contribution in [0.2, 0.25) is 0 Å². The zero-order valence-corrected chi connectivity index (χ0v) is 11.7. The Hall–Kier alpha value is -1.16. The maximum absolute atomic E-state index is 11.3. The Kier molecular flexibility index (Phi) is 4.87. The summed E-state index contributed by atoms with van der Waals surface area (Å²) in [5.74, 6) is -0.239. The lowest BCUT2D eigenvalue weighted by Gasteiger charge is -2.10. The molecule has 1 rings (SSSR count). The highest BCUT2D eigenvalue weighted by atomic mass is 79.9. The molecule has 0 aliphatic rings. The summed E-state index contributed by atoms with van der Waals surface area (Å²) >= 11 is 3.33. The van der Waals surface area contributed by atoms with Gasteiger partial charge in [0.15, 0.2) is 0 Å². The fourth-order valence-corrected chi connectivity index (χ4v) is 1.79. The van der Waals surface area contributed by atoms with E-state index >= 15 is 0 Å². The van der Waals surface area contributed by atoms with Gasteiger partial charge in [0.1, 0.15) is 5.78 Å². The second-order valence-corrected chi connectivity index (χ2v) is 4.83. The van der Waals surface area contributed by atoms with E-state index in [0.717, 1.165) is 16.7 Å². The van der Waals surface area contributed by atoms with Gasteiger partial charge in [-0.05, 0) is 30.5 Å². The molecule has 4 heteroatoms. The minimum atomic E-state index is -0.320. The number of hydrogen-bond acceptors (Lipinski definition) is 3. The molecule has 0 aliphatic heterocycles. The van der Waals surface area contributed by atoms with E-state index in [9.17, 15) is 9.59 Å². The van der Waals surface area contributed by atoms with E-state index in [1.54, 1.807) is 0 Å². The van der Waals surface area contributed by atoms with Gasteiger partial charge in [-0.1, -0.05) is 34.1 Å². The van der Waals surface area contributed by atoms with E-state index in [1.165, 1.54) is 14.0 Å². The summed E-state index contributed by atoms with van der Waals surface area (Å²) in [6.07, 6.45) is 0.230. The van der Waals surface area contributed by atoms with Gasteiger partial charge in [-0.25, -0.2) is 0 Å². The van der Waals surface area contributed by atoms with Crippen molar-refractivity contribution in [2.45, 2.75) is 25.1 Å². The van der Waals surface area contributed by atoms with Crippen LogP contribution in [0.3, 0.4) is 0 Å². The Balaban J connectivity index is 3.02. The third kappa shape index (κ3) is 3.66. The summed E-state index contributed by atoms with van der Waals surface area (Å²) in [5, 5.41) is 0. The number of rotatable bonds is 4. The van der Waals surface area contributed by atoms with Gasteiger partial charge >= 0.3 is 5.97 Å². The average molecular weight is 299 g/mol. The highest BCUT2D eigenvalue weighted by Crippen LogP contribution is 2.25. The van der Waals surface area contributed by atoms with Crippen molar-refractivity contribution in [2.24, 2.45) is 0 Å². The molecule has 17 heavy (non-hydrogen) atoms. The largest absolute Gasteiger partial charge is 0.469 e. The van der Waals surface area contributed by atoms with Crippen molar-refractivity contribution in [3.05, 3.63) is 34.9 Å². The average Bonchev–Trinajstić information content (AvgIpc) is 2.30. The Morgan fingerprint density at radius 1 is 1.41 bits per heavy atom. The fourth-order valence-electron chi connectivity index (χ4n) is 1.50. The lowest BCUT2D eigenvalue weighted by molar-refractivity contribution is -0.139. The fraction of sp³-hybridized carbons (Fsp3) is 0.385. The van der Waals surface area contributed by atoms with E-state index in [1.807, 2.05) is 25.1 Å². The number of halogens is 1. The van der Waals surface area contributed by atoms with Gasteiger partial charge in [0.05, 0.1) is 18.4 Å². The van der Waals surface area contributed by atoms with Gasteiger partial charge in [-0.15, -0.1) is 0 Å². The number of alkyl halides is 1. The van der Waals surface area contributed by atoms with E-state index < -0.39 is 0 Å². The molecule has 1 atom stereocenters. The van der Waals surface area contributed by atoms with Crippen molar-refractivity contribution >= 4 is 27.7 Å². The van der Waals surface area contributed by atoms with Crippen molar-refractivity contribution in [1.82, 2.24) is 0 Å². The van der Waals surface area contributed by atoms with E-state index in [-0.39, 0.29) is 23.0 Å². The maximum Gasteiger partial charge on any atom is 0.309 e. The lowest BCUT2D eigenvalue weighted by Crippen LogP contribution is -2.08. The van der Waals surface area contributed by atoms with Crippen LogP contribution in [0.15, 0.2) is 18.2 Å². The van der Waals surface area contributed by atoms with Gasteiger partial charge < -0.3 is 4.74 Å². The van der Waals surface area contributed by atoms with Crippen molar-refractivity contribution in [3.63, 3.8) is 0 Å². The normalized spacial score (nSPS) is 12.0. The van der Waals surface area contributed by atoms with Crippen molar-refractivity contribution in [1.29, 1.82) is 0 Å². The van der Waals surface area contributed by atoms with Crippen LogP contribution in [0.1, 0.15) is 28.4 Å². The topological polar surface area (TPSA) is 43.4 Å². The van der Waals surface area contributed by atoms with Crippen LogP contribution < -0.4 is 0 Å². The summed E-state index contributed by atoms with van der Waals surface area (Å²) in [6, 6.07) is 5.66. The molecule has 0 saturated heterocycles.